The van der Waals surface area contributed by atoms with Gasteiger partial charge in [0.2, 0.25) is 11.3 Å². The van der Waals surface area contributed by atoms with Crippen molar-refractivity contribution in [3.63, 3.8) is 0 Å². The Morgan fingerprint density at radius 1 is 1.38 bits per heavy atom. The number of fused-ring (bicyclic) bond motifs is 1. The van der Waals surface area contributed by atoms with Gasteiger partial charge in [-0.2, -0.15) is 4.83 Å². The maximum atomic E-state index is 10.6. The minimum absolute atomic E-state index is 0.385. The van der Waals surface area contributed by atoms with E-state index in [1.54, 1.807) is 18.6 Å². The highest BCUT2D eigenvalue weighted by molar-refractivity contribution is 7.77. The van der Waals surface area contributed by atoms with Crippen molar-refractivity contribution in [2.24, 2.45) is 0 Å². The summed E-state index contributed by atoms with van der Waals surface area (Å²) in [7, 11) is 1.86. The number of hydrazine groups is 1. The van der Waals surface area contributed by atoms with E-state index in [-0.39, 0.29) is 0 Å². The number of benzene rings is 1. The van der Waals surface area contributed by atoms with Gasteiger partial charge in [0.15, 0.2) is 0 Å². The Labute approximate surface area is 162 Å². The molecular weight excluding hydrogens is 399 g/mol. The van der Waals surface area contributed by atoms with E-state index in [9.17, 15) is 4.21 Å². The maximum Gasteiger partial charge on any atom is 0.245 e. The molecule has 0 saturated carbocycles. The molecule has 3 aromatic rings. The Morgan fingerprint density at radius 2 is 2.19 bits per heavy atom. The molecule has 0 aliphatic carbocycles. The monoisotopic (exact) mass is 414 g/mol. The Kier molecular flexibility index (Phi) is 6.07. The highest BCUT2D eigenvalue weighted by Gasteiger charge is 2.14. The standard InChI is InChI=1S/C15H16Cl2N6O2S/c1-22(6-5-19-21-26(24)25)13-8-12(23-7-4-18-9-23)10-2-3-11(16)14(17)15(10)20-13/h2-4,7-9,19,21H,5-6H2,1H3,(H,24,25). The number of halogens is 2. The number of nitrogens with zero attached hydrogens (tertiary/aromatic N) is 4. The molecule has 138 valence electrons. The first-order valence-electron chi connectivity index (χ1n) is 7.55. The van der Waals surface area contributed by atoms with E-state index < -0.39 is 11.3 Å². The van der Waals surface area contributed by atoms with Crippen molar-refractivity contribution in [3.05, 3.63) is 47.0 Å². The van der Waals surface area contributed by atoms with E-state index in [1.165, 1.54) is 0 Å². The van der Waals surface area contributed by atoms with Crippen molar-refractivity contribution in [3.8, 4) is 5.69 Å². The number of nitrogens with one attached hydrogen (secondary N) is 2. The van der Waals surface area contributed by atoms with Gasteiger partial charge in [0.1, 0.15) is 5.82 Å². The first kappa shape index (κ1) is 19.0. The molecule has 0 saturated heterocycles. The molecule has 0 radical (unpaired) electrons. The summed E-state index contributed by atoms with van der Waals surface area (Å²) in [6.07, 6.45) is 5.23. The van der Waals surface area contributed by atoms with Crippen LogP contribution in [-0.2, 0) is 11.3 Å². The number of pyridine rings is 1. The molecule has 0 aliphatic heterocycles. The second-order valence-corrected chi connectivity index (χ2v) is 6.91. The van der Waals surface area contributed by atoms with Crippen LogP contribution in [0.15, 0.2) is 36.9 Å². The van der Waals surface area contributed by atoms with Gasteiger partial charge in [-0.25, -0.2) is 19.6 Å². The summed E-state index contributed by atoms with van der Waals surface area (Å²) in [5.74, 6) is 0.678. The molecule has 1 unspecified atom stereocenters. The average Bonchev–Trinajstić information content (AvgIpc) is 3.15. The maximum absolute atomic E-state index is 10.6. The normalized spacial score (nSPS) is 12.5. The number of likely N-dealkylation sites (N-methyl/N-ethyl adjacent to an activating group) is 1. The average molecular weight is 415 g/mol. The Bertz CT molecular complexity index is 938. The van der Waals surface area contributed by atoms with Crippen LogP contribution < -0.4 is 15.2 Å². The number of hydrogen-bond acceptors (Lipinski definition) is 5. The SMILES string of the molecule is CN(CCNNS(=O)O)c1cc(-n2ccnc2)c2ccc(Cl)c(Cl)c2n1. The fourth-order valence-corrected chi connectivity index (χ4v) is 3.05. The van der Waals surface area contributed by atoms with E-state index >= 15 is 0 Å². The second kappa shape index (κ2) is 8.30. The summed E-state index contributed by atoms with van der Waals surface area (Å²) in [5.41, 5.74) is 4.12. The first-order chi connectivity index (χ1) is 12.5. The third-order valence-corrected chi connectivity index (χ3v) is 4.86. The highest BCUT2D eigenvalue weighted by atomic mass is 35.5. The molecule has 1 aromatic carbocycles. The van der Waals surface area contributed by atoms with Crippen LogP contribution in [-0.4, -0.2) is 43.4 Å². The van der Waals surface area contributed by atoms with Crippen molar-refractivity contribution in [2.75, 3.05) is 25.0 Å². The topological polar surface area (TPSA) is 95.3 Å². The predicted octanol–water partition coefficient (Wildman–Crippen LogP) is 2.39. The van der Waals surface area contributed by atoms with Crippen LogP contribution in [0.25, 0.3) is 16.6 Å². The zero-order valence-corrected chi connectivity index (χ0v) is 16.0. The summed E-state index contributed by atoms with van der Waals surface area (Å²) in [6, 6.07) is 5.53. The van der Waals surface area contributed by atoms with Gasteiger partial charge in [-0.15, -0.1) is 0 Å². The van der Waals surface area contributed by atoms with Crippen LogP contribution in [0.3, 0.4) is 0 Å². The molecule has 0 aliphatic rings. The van der Waals surface area contributed by atoms with E-state index in [0.29, 0.717) is 34.5 Å². The molecule has 0 bridgehead atoms. The van der Waals surface area contributed by atoms with Crippen LogP contribution in [0.5, 0.6) is 0 Å². The quantitative estimate of drug-likeness (QED) is 0.312. The summed E-state index contributed by atoms with van der Waals surface area (Å²) in [4.78, 5) is 12.8. The lowest BCUT2D eigenvalue weighted by Crippen LogP contribution is -2.38. The number of imidazole rings is 1. The van der Waals surface area contributed by atoms with Gasteiger partial charge < -0.3 is 9.47 Å². The number of anilines is 1. The summed E-state index contributed by atoms with van der Waals surface area (Å²) in [6.45, 7) is 0.955. The molecule has 8 nitrogen and oxygen atoms in total. The molecule has 26 heavy (non-hydrogen) atoms. The lowest BCUT2D eigenvalue weighted by atomic mass is 10.1. The van der Waals surface area contributed by atoms with Gasteiger partial charge in [0.25, 0.3) is 0 Å². The highest BCUT2D eigenvalue weighted by Crippen LogP contribution is 2.34. The molecule has 0 amide bonds. The minimum Gasteiger partial charge on any atom is -0.358 e. The Hall–Kier alpha value is -1.75. The summed E-state index contributed by atoms with van der Waals surface area (Å²) in [5, 5.41) is 1.67. The minimum atomic E-state index is -2.11. The van der Waals surface area contributed by atoms with Gasteiger partial charge in [-0.3, -0.25) is 4.55 Å². The lowest BCUT2D eigenvalue weighted by molar-refractivity contribution is 0.527. The van der Waals surface area contributed by atoms with Crippen molar-refractivity contribution in [1.29, 1.82) is 0 Å². The molecule has 3 N–H and O–H groups in total. The van der Waals surface area contributed by atoms with Crippen molar-refractivity contribution in [1.82, 2.24) is 24.8 Å². The van der Waals surface area contributed by atoms with Crippen molar-refractivity contribution >= 4 is 51.2 Å². The van der Waals surface area contributed by atoms with Crippen molar-refractivity contribution < 1.29 is 8.76 Å². The van der Waals surface area contributed by atoms with Gasteiger partial charge in [-0.05, 0) is 12.1 Å². The molecule has 1 atom stereocenters. The zero-order chi connectivity index (χ0) is 18.7. The molecule has 0 fully saturated rings. The third-order valence-electron chi connectivity index (χ3n) is 3.74. The van der Waals surface area contributed by atoms with Crippen LogP contribution in [0.2, 0.25) is 10.0 Å². The fourth-order valence-electron chi connectivity index (χ4n) is 2.46. The van der Waals surface area contributed by atoms with Gasteiger partial charge in [0.05, 0.1) is 27.6 Å². The number of rotatable bonds is 7. The van der Waals surface area contributed by atoms with Crippen LogP contribution in [0.1, 0.15) is 0 Å². The molecule has 3 rings (SSSR count). The van der Waals surface area contributed by atoms with Gasteiger partial charge in [0, 0.05) is 44.0 Å². The van der Waals surface area contributed by atoms with Gasteiger partial charge in [-0.1, -0.05) is 23.2 Å². The molecule has 11 heteroatoms. The summed E-state index contributed by atoms with van der Waals surface area (Å²) >= 11 is 10.4. The zero-order valence-electron chi connectivity index (χ0n) is 13.7. The van der Waals surface area contributed by atoms with E-state index in [1.807, 2.05) is 34.8 Å². The molecule has 2 aromatic heterocycles. The van der Waals surface area contributed by atoms with Crippen LogP contribution in [0.4, 0.5) is 5.82 Å². The second-order valence-electron chi connectivity index (χ2n) is 5.43. The first-order valence-corrected chi connectivity index (χ1v) is 9.41. The smallest absolute Gasteiger partial charge is 0.245 e. The number of hydrogen-bond donors (Lipinski definition) is 3. The van der Waals surface area contributed by atoms with Crippen LogP contribution in [0, 0.1) is 0 Å². The van der Waals surface area contributed by atoms with E-state index in [2.05, 4.69) is 20.2 Å². The fraction of sp³-hybridized carbons (Fsp3) is 0.200. The van der Waals surface area contributed by atoms with Crippen LogP contribution >= 0.6 is 23.2 Å². The Balaban J connectivity index is 1.98. The predicted molar refractivity (Wildman–Crippen MR) is 104 cm³/mol. The largest absolute Gasteiger partial charge is 0.358 e. The summed E-state index contributed by atoms with van der Waals surface area (Å²) < 4.78 is 21.1. The lowest BCUT2D eigenvalue weighted by Gasteiger charge is -2.21. The van der Waals surface area contributed by atoms with Crippen molar-refractivity contribution in [2.45, 2.75) is 0 Å². The van der Waals surface area contributed by atoms with Gasteiger partial charge >= 0.3 is 0 Å². The third kappa shape index (κ3) is 4.14. The molecular formula is C15H16Cl2N6O2S. The molecule has 0 spiro atoms. The number of aromatic nitrogens is 3. The van der Waals surface area contributed by atoms with E-state index in [4.69, 9.17) is 27.8 Å². The molecule has 2 heterocycles. The van der Waals surface area contributed by atoms with E-state index in [0.717, 1.165) is 11.1 Å². The Morgan fingerprint density at radius 3 is 2.88 bits per heavy atom.